The van der Waals surface area contributed by atoms with Crippen LogP contribution in [0, 0.1) is 50.7 Å². The molecule has 3 spiro atoms. The van der Waals surface area contributed by atoms with Gasteiger partial charge < -0.3 is 44.1 Å². The number of carbonyl (C=O) groups excluding carboxylic acids is 1. The van der Waals surface area contributed by atoms with Crippen LogP contribution in [0.25, 0.3) is 0 Å². The molecule has 10 nitrogen and oxygen atoms in total. The third-order valence-corrected chi connectivity index (χ3v) is 16.3. The Morgan fingerprint density at radius 1 is 0.894 bits per heavy atom. The van der Waals surface area contributed by atoms with E-state index in [4.69, 9.17) is 23.7 Å². The van der Waals surface area contributed by atoms with Crippen molar-refractivity contribution in [2.45, 2.75) is 167 Å². The summed E-state index contributed by atoms with van der Waals surface area (Å²) in [4.78, 5) is 12.1. The number of aliphatic hydroxyl groups excluding tert-OH is 4. The Balaban J connectivity index is 1.09. The molecular formula is C37H58O10. The van der Waals surface area contributed by atoms with E-state index in [1.54, 1.807) is 0 Å². The van der Waals surface area contributed by atoms with Crippen molar-refractivity contribution in [3.05, 3.63) is 0 Å². The van der Waals surface area contributed by atoms with Crippen LogP contribution in [0.2, 0.25) is 0 Å². The predicted molar refractivity (Wildman–Crippen MR) is 168 cm³/mol. The molecule has 8 aliphatic rings. The summed E-state index contributed by atoms with van der Waals surface area (Å²) in [5.41, 5.74) is -1.36. The summed E-state index contributed by atoms with van der Waals surface area (Å²) in [5.74, 6) is -0.402. The van der Waals surface area contributed by atoms with Crippen molar-refractivity contribution in [2.75, 3.05) is 6.61 Å². The van der Waals surface area contributed by atoms with E-state index in [1.807, 2.05) is 13.8 Å². The maximum Gasteiger partial charge on any atom is 0.303 e. The van der Waals surface area contributed by atoms with Gasteiger partial charge in [-0.2, -0.15) is 0 Å². The lowest BCUT2D eigenvalue weighted by Crippen LogP contribution is -2.61. The van der Waals surface area contributed by atoms with Crippen molar-refractivity contribution in [1.29, 1.82) is 0 Å². The lowest BCUT2D eigenvalue weighted by Gasteiger charge is -2.63. The summed E-state index contributed by atoms with van der Waals surface area (Å²) in [6.07, 6.45) is 1.72. The SMILES string of the molecule is CC(=O)OC(C)(C)[C@H]1O[C@@]23O[C@@H]1C[C@@H](C)[C@@H]2[C@@]1(C)CC[C@@]24C[C@@]25CC[C@H](O[C@@H]2OC[C@@H](O)[C@H](O)[C@H]2O)C(C)(C)[C@H]5CC[C@H]4[C@]1(C)[C@H]3O. The molecule has 8 fully saturated rings. The molecule has 5 saturated carbocycles. The Kier molecular flexibility index (Phi) is 7.03. The minimum absolute atomic E-state index is 0.0329. The molecular weight excluding hydrogens is 604 g/mol. The fraction of sp³-hybridized carbons (Fsp3) is 0.973. The largest absolute Gasteiger partial charge is 0.457 e. The van der Waals surface area contributed by atoms with Crippen LogP contribution in [0.5, 0.6) is 0 Å². The fourth-order valence-electron chi connectivity index (χ4n) is 14.4. The second-order valence-electron chi connectivity index (χ2n) is 18.8. The van der Waals surface area contributed by atoms with E-state index in [9.17, 15) is 25.2 Å². The Bertz CT molecular complexity index is 1320. The highest BCUT2D eigenvalue weighted by Crippen LogP contribution is 2.90. The molecule has 0 radical (unpaired) electrons. The van der Waals surface area contributed by atoms with Crippen molar-refractivity contribution >= 4 is 5.97 Å². The van der Waals surface area contributed by atoms with Gasteiger partial charge in [-0.3, -0.25) is 4.79 Å². The van der Waals surface area contributed by atoms with Crippen LogP contribution in [0.1, 0.15) is 107 Å². The van der Waals surface area contributed by atoms with Crippen molar-refractivity contribution in [3.63, 3.8) is 0 Å². The average Bonchev–Trinajstić information content (AvgIpc) is 3.49. The van der Waals surface area contributed by atoms with Gasteiger partial charge >= 0.3 is 5.97 Å². The molecule has 17 atom stereocenters. The molecule has 266 valence electrons. The van der Waals surface area contributed by atoms with E-state index < -0.39 is 53.6 Å². The van der Waals surface area contributed by atoms with Gasteiger partial charge in [0.15, 0.2) is 12.1 Å². The van der Waals surface area contributed by atoms with Gasteiger partial charge in [-0.25, -0.2) is 0 Å². The number of hydrogen-bond acceptors (Lipinski definition) is 10. The molecule has 4 N–H and O–H groups in total. The third kappa shape index (κ3) is 3.88. The number of hydrogen-bond donors (Lipinski definition) is 4. The summed E-state index contributed by atoms with van der Waals surface area (Å²) in [6, 6.07) is 0. The first-order valence-electron chi connectivity index (χ1n) is 18.4. The molecule has 8 rings (SSSR count). The molecule has 0 amide bonds. The molecule has 2 bridgehead atoms. The standard InChI is InChI=1S/C37H58O10/c1-18-15-21-28(32(5,6)45-19(2)38)47-37(46-21)27(18)33(7)13-14-36-17-35(36)12-11-24(44-29-26(41)25(40)20(39)16-43-29)31(3,4)22(35)9-10-23(36)34(33,8)30(37)42/h18,20-30,39-42H,9-17H2,1-8H3/t18-,20-,21-,22-,23+,24+,25+,26-,27-,28+,29+,30-,33-,34-,35-,36+,37+/m1/s1. The number of aliphatic hydroxyl groups is 4. The Hall–Kier alpha value is -0.850. The maximum absolute atomic E-state index is 12.8. The molecule has 3 heterocycles. The molecule has 3 aliphatic heterocycles. The van der Waals surface area contributed by atoms with Crippen LogP contribution in [0.3, 0.4) is 0 Å². The number of rotatable bonds is 4. The highest BCUT2D eigenvalue weighted by Gasteiger charge is 2.88. The molecule has 10 heteroatoms. The van der Waals surface area contributed by atoms with Gasteiger partial charge in [-0.1, -0.05) is 34.6 Å². The van der Waals surface area contributed by atoms with Crippen molar-refractivity contribution in [1.82, 2.24) is 0 Å². The van der Waals surface area contributed by atoms with Crippen LogP contribution in [-0.4, -0.2) is 93.4 Å². The van der Waals surface area contributed by atoms with E-state index >= 15 is 0 Å². The lowest BCUT2D eigenvalue weighted by molar-refractivity contribution is -0.303. The smallest absolute Gasteiger partial charge is 0.303 e. The zero-order valence-corrected chi connectivity index (χ0v) is 29.5. The Morgan fingerprint density at radius 3 is 2.28 bits per heavy atom. The second kappa shape index (κ2) is 9.93. The predicted octanol–water partition coefficient (Wildman–Crippen LogP) is 3.69. The second-order valence-corrected chi connectivity index (χ2v) is 18.8. The van der Waals surface area contributed by atoms with Crippen molar-refractivity contribution in [3.8, 4) is 0 Å². The van der Waals surface area contributed by atoms with Crippen LogP contribution in [0.15, 0.2) is 0 Å². The van der Waals surface area contributed by atoms with Crippen molar-refractivity contribution < 1.29 is 48.9 Å². The molecule has 3 saturated heterocycles. The van der Waals surface area contributed by atoms with Gasteiger partial charge in [0.05, 0.1) is 18.8 Å². The maximum atomic E-state index is 12.8. The van der Waals surface area contributed by atoms with E-state index in [0.717, 1.165) is 51.4 Å². The molecule has 0 unspecified atom stereocenters. The lowest BCUT2D eigenvalue weighted by atomic mass is 9.41. The number of esters is 1. The van der Waals surface area contributed by atoms with Gasteiger partial charge in [0, 0.05) is 18.3 Å². The van der Waals surface area contributed by atoms with E-state index in [2.05, 4.69) is 34.6 Å². The molecule has 5 aliphatic carbocycles. The highest BCUT2D eigenvalue weighted by atomic mass is 16.8. The number of fused-ring (bicyclic) bond motifs is 4. The van der Waals surface area contributed by atoms with E-state index in [1.165, 1.54) is 6.92 Å². The summed E-state index contributed by atoms with van der Waals surface area (Å²) < 4.78 is 31.9. The first-order chi connectivity index (χ1) is 21.8. The van der Waals surface area contributed by atoms with Crippen LogP contribution >= 0.6 is 0 Å². The monoisotopic (exact) mass is 662 g/mol. The third-order valence-electron chi connectivity index (χ3n) is 16.3. The summed E-state index contributed by atoms with van der Waals surface area (Å²) in [6.45, 7) is 16.8. The van der Waals surface area contributed by atoms with E-state index in [-0.39, 0.29) is 58.3 Å². The topological polar surface area (TPSA) is 144 Å². The van der Waals surface area contributed by atoms with Gasteiger partial charge in [-0.05, 0) is 105 Å². The quantitative estimate of drug-likeness (QED) is 0.260. The number of ether oxygens (including phenoxy) is 5. The normalized spacial score (nSPS) is 58.8. The zero-order chi connectivity index (χ0) is 33.9. The minimum atomic E-state index is -1.29. The Labute approximate surface area is 279 Å². The minimum Gasteiger partial charge on any atom is -0.457 e. The number of carbonyl (C=O) groups is 1. The summed E-state index contributed by atoms with van der Waals surface area (Å²) in [7, 11) is 0. The first kappa shape index (κ1) is 33.3. The van der Waals surface area contributed by atoms with Gasteiger partial charge in [0.2, 0.25) is 0 Å². The Morgan fingerprint density at radius 2 is 1.57 bits per heavy atom. The van der Waals surface area contributed by atoms with Crippen LogP contribution in [-0.2, 0) is 28.5 Å². The van der Waals surface area contributed by atoms with Gasteiger partial charge in [-0.15, -0.1) is 0 Å². The molecule has 0 aromatic rings. The van der Waals surface area contributed by atoms with E-state index in [0.29, 0.717) is 11.8 Å². The van der Waals surface area contributed by atoms with Crippen LogP contribution < -0.4 is 0 Å². The highest BCUT2D eigenvalue weighted by molar-refractivity contribution is 5.66. The molecule has 0 aromatic heterocycles. The van der Waals surface area contributed by atoms with Crippen molar-refractivity contribution in [2.24, 2.45) is 50.7 Å². The van der Waals surface area contributed by atoms with Gasteiger partial charge in [0.1, 0.15) is 36.1 Å². The fourth-order valence-corrected chi connectivity index (χ4v) is 14.4. The average molecular weight is 663 g/mol. The zero-order valence-electron chi connectivity index (χ0n) is 29.5. The van der Waals surface area contributed by atoms with Gasteiger partial charge in [0.25, 0.3) is 0 Å². The summed E-state index contributed by atoms with van der Waals surface area (Å²) >= 11 is 0. The molecule has 0 aromatic carbocycles. The molecule has 47 heavy (non-hydrogen) atoms. The first-order valence-corrected chi connectivity index (χ1v) is 18.4. The summed E-state index contributed by atoms with van der Waals surface area (Å²) in [5, 5.41) is 43.7. The van der Waals surface area contributed by atoms with Crippen LogP contribution in [0.4, 0.5) is 0 Å².